The summed E-state index contributed by atoms with van der Waals surface area (Å²) in [6, 6.07) is 7.41. The molecule has 0 saturated carbocycles. The maximum absolute atomic E-state index is 13.1. The van der Waals surface area contributed by atoms with Crippen LogP contribution in [-0.2, 0) is 6.42 Å². The lowest BCUT2D eigenvalue weighted by Gasteiger charge is -2.09. The average Bonchev–Trinajstić information content (AvgIpc) is 2.50. The van der Waals surface area contributed by atoms with Gasteiger partial charge in [0.1, 0.15) is 11.6 Å². The van der Waals surface area contributed by atoms with Gasteiger partial charge < -0.3 is 10.6 Å². The van der Waals surface area contributed by atoms with Crippen molar-refractivity contribution in [2.24, 2.45) is 0 Å². The molecule has 0 atom stereocenters. The summed E-state index contributed by atoms with van der Waals surface area (Å²) in [5.74, 6) is -0.202. The lowest BCUT2D eigenvalue weighted by molar-refractivity contribution is 0.102. The van der Waals surface area contributed by atoms with Gasteiger partial charge in [0, 0.05) is 24.0 Å². The second-order valence-corrected chi connectivity index (χ2v) is 4.83. The van der Waals surface area contributed by atoms with E-state index in [-0.39, 0.29) is 10.9 Å². The zero-order valence-corrected chi connectivity index (χ0v) is 12.5. The van der Waals surface area contributed by atoms with Crippen LogP contribution in [0.5, 0.6) is 0 Å². The largest absolute Gasteiger partial charge is 0.373 e. The summed E-state index contributed by atoms with van der Waals surface area (Å²) in [5, 5.41) is 5.56. The first-order valence-corrected chi connectivity index (χ1v) is 6.86. The van der Waals surface area contributed by atoms with Gasteiger partial charge >= 0.3 is 0 Å². The average molecular weight is 308 g/mol. The number of carbonyl (C=O) groups is 1. The Morgan fingerprint density at radius 3 is 2.71 bits per heavy atom. The van der Waals surface area contributed by atoms with Crippen molar-refractivity contribution in [3.63, 3.8) is 0 Å². The van der Waals surface area contributed by atoms with Crippen molar-refractivity contribution in [3.8, 4) is 0 Å². The quantitative estimate of drug-likeness (QED) is 0.905. The third-order valence-corrected chi connectivity index (χ3v) is 3.23. The minimum Gasteiger partial charge on any atom is -0.373 e. The Morgan fingerprint density at radius 1 is 1.33 bits per heavy atom. The highest BCUT2D eigenvalue weighted by atomic mass is 35.5. The number of pyridine rings is 1. The number of nitrogens with one attached hydrogen (secondary N) is 2. The summed E-state index contributed by atoms with van der Waals surface area (Å²) < 4.78 is 13.1. The molecular weight excluding hydrogens is 293 g/mol. The summed E-state index contributed by atoms with van der Waals surface area (Å²) in [6.07, 6.45) is 0.720. The molecular formula is C15H15ClFN3O. The van der Waals surface area contributed by atoms with Gasteiger partial charge in [0.05, 0.1) is 5.02 Å². The van der Waals surface area contributed by atoms with E-state index in [0.29, 0.717) is 17.1 Å². The highest BCUT2D eigenvalue weighted by molar-refractivity contribution is 6.31. The highest BCUT2D eigenvalue weighted by Crippen LogP contribution is 2.20. The number of aromatic nitrogens is 1. The van der Waals surface area contributed by atoms with Gasteiger partial charge in [-0.2, -0.15) is 0 Å². The van der Waals surface area contributed by atoms with Crippen LogP contribution < -0.4 is 10.6 Å². The summed E-state index contributed by atoms with van der Waals surface area (Å²) in [6.45, 7) is 1.96. The fraction of sp³-hybridized carbons (Fsp3) is 0.200. The first-order valence-electron chi connectivity index (χ1n) is 6.48. The van der Waals surface area contributed by atoms with Crippen LogP contribution in [0.15, 0.2) is 30.3 Å². The van der Waals surface area contributed by atoms with E-state index in [1.165, 1.54) is 18.2 Å². The number of nitrogens with zero attached hydrogens (tertiary/aromatic N) is 1. The first kappa shape index (κ1) is 15.3. The minimum absolute atomic E-state index is 0.0345. The standard InChI is InChI=1S/C15H15ClFN3O/c1-3-10-6-9(7-14(18-2)19-10)15(21)20-11-4-5-13(17)12(16)8-11/h4-8H,3H2,1-2H3,(H,18,19)(H,20,21). The van der Waals surface area contributed by atoms with Gasteiger partial charge in [0.15, 0.2) is 0 Å². The molecule has 0 saturated heterocycles. The molecule has 0 spiro atoms. The second kappa shape index (κ2) is 6.54. The molecule has 1 aromatic carbocycles. The summed E-state index contributed by atoms with van der Waals surface area (Å²) in [5.41, 5.74) is 1.73. The fourth-order valence-corrected chi connectivity index (χ4v) is 1.99. The summed E-state index contributed by atoms with van der Waals surface area (Å²) in [7, 11) is 1.74. The Kier molecular flexibility index (Phi) is 4.75. The monoisotopic (exact) mass is 307 g/mol. The number of hydrogen-bond acceptors (Lipinski definition) is 3. The third kappa shape index (κ3) is 3.70. The van der Waals surface area contributed by atoms with Crippen molar-refractivity contribution in [1.29, 1.82) is 0 Å². The molecule has 1 aromatic heterocycles. The summed E-state index contributed by atoms with van der Waals surface area (Å²) in [4.78, 5) is 16.6. The molecule has 2 rings (SSSR count). The minimum atomic E-state index is -0.524. The lowest BCUT2D eigenvalue weighted by Crippen LogP contribution is -2.13. The molecule has 2 aromatic rings. The molecule has 0 bridgehead atoms. The van der Waals surface area contributed by atoms with Crippen LogP contribution in [0, 0.1) is 5.82 Å². The molecule has 0 fully saturated rings. The Bertz CT molecular complexity index is 654. The van der Waals surface area contributed by atoms with Crippen LogP contribution in [0.3, 0.4) is 0 Å². The van der Waals surface area contributed by atoms with Gasteiger partial charge in [-0.15, -0.1) is 0 Å². The van der Waals surface area contributed by atoms with E-state index in [1.54, 1.807) is 19.2 Å². The zero-order valence-electron chi connectivity index (χ0n) is 11.7. The van der Waals surface area contributed by atoms with E-state index in [9.17, 15) is 9.18 Å². The van der Waals surface area contributed by atoms with E-state index < -0.39 is 5.82 Å². The SMILES string of the molecule is CCc1cc(C(=O)Nc2ccc(F)c(Cl)c2)cc(NC)n1. The van der Waals surface area contributed by atoms with Crippen molar-refractivity contribution in [2.75, 3.05) is 17.7 Å². The Balaban J connectivity index is 2.25. The van der Waals surface area contributed by atoms with Crippen LogP contribution in [0.4, 0.5) is 15.9 Å². The normalized spacial score (nSPS) is 10.3. The number of rotatable bonds is 4. The molecule has 110 valence electrons. The molecule has 2 N–H and O–H groups in total. The van der Waals surface area contributed by atoms with Crippen molar-refractivity contribution >= 4 is 29.0 Å². The van der Waals surface area contributed by atoms with Crippen LogP contribution >= 0.6 is 11.6 Å². The topological polar surface area (TPSA) is 54.0 Å². The van der Waals surface area contributed by atoms with E-state index in [4.69, 9.17) is 11.6 Å². The Morgan fingerprint density at radius 2 is 2.10 bits per heavy atom. The van der Waals surface area contributed by atoms with E-state index >= 15 is 0 Å². The molecule has 0 aliphatic carbocycles. The lowest BCUT2D eigenvalue weighted by atomic mass is 10.1. The summed E-state index contributed by atoms with van der Waals surface area (Å²) >= 11 is 5.69. The molecule has 0 unspecified atom stereocenters. The molecule has 0 aliphatic heterocycles. The highest BCUT2D eigenvalue weighted by Gasteiger charge is 2.10. The van der Waals surface area contributed by atoms with Crippen molar-refractivity contribution in [1.82, 2.24) is 4.98 Å². The van der Waals surface area contributed by atoms with Crippen LogP contribution in [0.25, 0.3) is 0 Å². The predicted molar refractivity (Wildman–Crippen MR) is 82.5 cm³/mol. The third-order valence-electron chi connectivity index (χ3n) is 2.94. The number of benzene rings is 1. The van der Waals surface area contributed by atoms with Gasteiger partial charge in [-0.05, 0) is 36.8 Å². The molecule has 0 aliphatic rings. The molecule has 1 heterocycles. The molecule has 6 heteroatoms. The Hall–Kier alpha value is -2.14. The smallest absolute Gasteiger partial charge is 0.255 e. The maximum Gasteiger partial charge on any atom is 0.255 e. The van der Waals surface area contributed by atoms with E-state index in [2.05, 4.69) is 15.6 Å². The van der Waals surface area contributed by atoms with Gasteiger partial charge in [-0.25, -0.2) is 9.37 Å². The van der Waals surface area contributed by atoms with Crippen molar-refractivity contribution < 1.29 is 9.18 Å². The van der Waals surface area contributed by atoms with Gasteiger partial charge in [-0.3, -0.25) is 4.79 Å². The molecule has 21 heavy (non-hydrogen) atoms. The number of carbonyl (C=O) groups excluding carboxylic acids is 1. The predicted octanol–water partition coefficient (Wildman–Crippen LogP) is 3.73. The van der Waals surface area contributed by atoms with Gasteiger partial charge in [0.25, 0.3) is 5.91 Å². The Labute approximate surface area is 127 Å². The van der Waals surface area contributed by atoms with Crippen LogP contribution in [0.2, 0.25) is 5.02 Å². The first-order chi connectivity index (χ1) is 10.0. The van der Waals surface area contributed by atoms with Gasteiger partial charge in [0.2, 0.25) is 0 Å². The maximum atomic E-state index is 13.1. The van der Waals surface area contributed by atoms with Gasteiger partial charge in [-0.1, -0.05) is 18.5 Å². The number of aryl methyl sites for hydroxylation is 1. The number of halogens is 2. The molecule has 4 nitrogen and oxygen atoms in total. The van der Waals surface area contributed by atoms with Crippen LogP contribution in [0.1, 0.15) is 23.0 Å². The van der Waals surface area contributed by atoms with E-state index in [0.717, 1.165) is 12.1 Å². The molecule has 0 radical (unpaired) electrons. The fourth-order valence-electron chi connectivity index (χ4n) is 1.81. The number of anilines is 2. The van der Waals surface area contributed by atoms with E-state index in [1.807, 2.05) is 6.92 Å². The second-order valence-electron chi connectivity index (χ2n) is 4.42. The van der Waals surface area contributed by atoms with Crippen LogP contribution in [-0.4, -0.2) is 17.9 Å². The van der Waals surface area contributed by atoms with Crippen molar-refractivity contribution in [2.45, 2.75) is 13.3 Å². The number of hydrogen-bond donors (Lipinski definition) is 2. The number of amides is 1. The molecule has 1 amide bonds. The zero-order chi connectivity index (χ0) is 15.4. The van der Waals surface area contributed by atoms with Crippen molar-refractivity contribution in [3.05, 3.63) is 52.4 Å².